The minimum atomic E-state index is -0.663. The number of carbonyl (C=O) groups is 1. The van der Waals surface area contributed by atoms with E-state index in [-0.39, 0.29) is 0 Å². The van der Waals surface area contributed by atoms with E-state index in [2.05, 4.69) is 29.2 Å². The zero-order chi connectivity index (χ0) is 14.6. The highest BCUT2D eigenvalue weighted by Gasteiger charge is 2.06. The van der Waals surface area contributed by atoms with Gasteiger partial charge in [-0.3, -0.25) is 4.79 Å². The molecule has 0 amide bonds. The molecule has 1 aliphatic rings. The maximum Gasteiger partial charge on any atom is 0.303 e. The maximum absolute atomic E-state index is 10.3. The Bertz CT molecular complexity index is 292. The fourth-order valence-electron chi connectivity index (χ4n) is 2.56. The summed E-state index contributed by atoms with van der Waals surface area (Å²) in [7, 11) is 2.10. The first-order chi connectivity index (χ1) is 9.68. The van der Waals surface area contributed by atoms with E-state index in [1.807, 2.05) is 0 Å². The Morgan fingerprint density at radius 1 is 0.950 bits per heavy atom. The van der Waals surface area contributed by atoms with Crippen LogP contribution in [0.5, 0.6) is 0 Å². The predicted octanol–water partition coefficient (Wildman–Crippen LogP) is 3.65. The highest BCUT2D eigenvalue weighted by molar-refractivity contribution is 5.66. The van der Waals surface area contributed by atoms with Crippen molar-refractivity contribution in [3.8, 4) is 0 Å². The summed E-state index contributed by atoms with van der Waals surface area (Å²) in [5.41, 5.74) is 0. The monoisotopic (exact) mass is 282 g/mol. The van der Waals surface area contributed by atoms with Gasteiger partial charge in [0, 0.05) is 32.4 Å². The van der Waals surface area contributed by atoms with E-state index in [9.17, 15) is 4.79 Å². The van der Waals surface area contributed by atoms with Crippen LogP contribution in [0.3, 0.4) is 0 Å². The van der Waals surface area contributed by atoms with Gasteiger partial charge in [-0.15, -0.1) is 0 Å². The largest absolute Gasteiger partial charge is 0.481 e. The molecular weight excluding hydrogens is 252 g/mol. The van der Waals surface area contributed by atoms with Crippen molar-refractivity contribution >= 4 is 5.97 Å². The summed E-state index contributed by atoms with van der Waals surface area (Å²) in [6.07, 6.45) is 15.6. The molecule has 0 atom stereocenters. The molecule has 1 N–H and O–H groups in total. The fraction of sp³-hybridized carbons (Fsp3) is 0.812. The zero-order valence-corrected chi connectivity index (χ0v) is 12.9. The molecule has 0 aliphatic carbocycles. The minimum absolute atomic E-state index is 0.333. The average molecular weight is 282 g/mol. The summed E-state index contributed by atoms with van der Waals surface area (Å²) in [6, 6.07) is 0. The molecule has 0 saturated carbocycles. The number of nitrogens with zero attached hydrogens (tertiary/aromatic N) is 2. The molecule has 0 aromatic heterocycles. The molecule has 1 aliphatic heterocycles. The van der Waals surface area contributed by atoms with Gasteiger partial charge in [0.25, 0.3) is 0 Å². The minimum Gasteiger partial charge on any atom is -0.481 e. The molecule has 1 rings (SSSR count). The number of hydrogen-bond acceptors (Lipinski definition) is 3. The van der Waals surface area contributed by atoms with Crippen LogP contribution in [0.4, 0.5) is 0 Å². The Kier molecular flexibility index (Phi) is 8.92. The summed E-state index contributed by atoms with van der Waals surface area (Å²) in [5, 5.41) is 8.52. The first-order valence-electron chi connectivity index (χ1n) is 8.03. The van der Waals surface area contributed by atoms with Gasteiger partial charge in [-0.05, 0) is 12.8 Å². The molecule has 0 aromatic carbocycles. The Labute approximate surface area is 123 Å². The van der Waals surface area contributed by atoms with Crippen molar-refractivity contribution in [1.29, 1.82) is 0 Å². The third-order valence-corrected chi connectivity index (χ3v) is 3.77. The molecule has 0 unspecified atom stereocenters. The molecule has 116 valence electrons. The number of hydrogen-bond donors (Lipinski definition) is 1. The van der Waals surface area contributed by atoms with Crippen molar-refractivity contribution in [2.45, 2.75) is 64.2 Å². The SMILES string of the molecule is CN1C=CN(CCCCCCCCCCCC(=O)O)C1. The van der Waals surface area contributed by atoms with E-state index >= 15 is 0 Å². The molecule has 0 aromatic rings. The third kappa shape index (κ3) is 8.83. The summed E-state index contributed by atoms with van der Waals surface area (Å²) >= 11 is 0. The van der Waals surface area contributed by atoms with Crippen LogP contribution in [0, 0.1) is 0 Å². The van der Waals surface area contributed by atoms with E-state index in [0.717, 1.165) is 19.5 Å². The normalized spacial score (nSPS) is 14.2. The molecule has 0 fully saturated rings. The average Bonchev–Trinajstić information content (AvgIpc) is 2.81. The molecule has 4 heteroatoms. The Hall–Kier alpha value is -1.19. The van der Waals surface area contributed by atoms with E-state index in [0.29, 0.717) is 6.42 Å². The summed E-state index contributed by atoms with van der Waals surface area (Å²) in [4.78, 5) is 14.9. The van der Waals surface area contributed by atoms with Gasteiger partial charge in [-0.1, -0.05) is 44.9 Å². The number of aliphatic carboxylic acids is 1. The number of carboxylic acids is 1. The highest BCUT2D eigenvalue weighted by Crippen LogP contribution is 2.12. The molecule has 4 nitrogen and oxygen atoms in total. The zero-order valence-electron chi connectivity index (χ0n) is 12.9. The first kappa shape index (κ1) is 16.9. The van der Waals surface area contributed by atoms with E-state index < -0.39 is 5.97 Å². The Morgan fingerprint density at radius 3 is 2.00 bits per heavy atom. The van der Waals surface area contributed by atoms with Gasteiger partial charge in [0.05, 0.1) is 6.67 Å². The van der Waals surface area contributed by atoms with Crippen molar-refractivity contribution in [3.63, 3.8) is 0 Å². The van der Waals surface area contributed by atoms with Crippen LogP contribution in [0.15, 0.2) is 12.4 Å². The van der Waals surface area contributed by atoms with Gasteiger partial charge in [0.2, 0.25) is 0 Å². The van der Waals surface area contributed by atoms with Crippen LogP contribution in [-0.2, 0) is 4.79 Å². The standard InChI is InChI=1S/C16H30N2O2/c1-17-13-14-18(15-17)12-10-8-6-4-2-3-5-7-9-11-16(19)20/h13-14H,2-12,15H2,1H3,(H,19,20). The second-order valence-corrected chi connectivity index (χ2v) is 5.83. The fourth-order valence-corrected chi connectivity index (χ4v) is 2.56. The summed E-state index contributed by atoms with van der Waals surface area (Å²) < 4.78 is 0. The second kappa shape index (κ2) is 10.6. The topological polar surface area (TPSA) is 43.8 Å². The van der Waals surface area contributed by atoms with Gasteiger partial charge < -0.3 is 14.9 Å². The lowest BCUT2D eigenvalue weighted by molar-refractivity contribution is -0.137. The van der Waals surface area contributed by atoms with Crippen molar-refractivity contribution in [1.82, 2.24) is 9.80 Å². The molecule has 0 radical (unpaired) electrons. The number of carboxylic acid groups (broad SMARTS) is 1. The summed E-state index contributed by atoms with van der Waals surface area (Å²) in [6.45, 7) is 2.21. The number of unbranched alkanes of at least 4 members (excludes halogenated alkanes) is 8. The lowest BCUT2D eigenvalue weighted by Crippen LogP contribution is -2.23. The maximum atomic E-state index is 10.3. The molecule has 0 saturated heterocycles. The van der Waals surface area contributed by atoms with Crippen molar-refractivity contribution in [3.05, 3.63) is 12.4 Å². The van der Waals surface area contributed by atoms with Gasteiger partial charge in [0.15, 0.2) is 0 Å². The number of rotatable bonds is 12. The van der Waals surface area contributed by atoms with Crippen molar-refractivity contribution < 1.29 is 9.90 Å². The predicted molar refractivity (Wildman–Crippen MR) is 82.3 cm³/mol. The summed E-state index contributed by atoms with van der Waals surface area (Å²) in [5.74, 6) is -0.663. The van der Waals surface area contributed by atoms with E-state index in [1.54, 1.807) is 0 Å². The lowest BCUT2D eigenvalue weighted by atomic mass is 10.1. The molecule has 1 heterocycles. The quantitative estimate of drug-likeness (QED) is 0.555. The van der Waals surface area contributed by atoms with Crippen LogP contribution in [0.2, 0.25) is 0 Å². The first-order valence-corrected chi connectivity index (χ1v) is 8.03. The van der Waals surface area contributed by atoms with E-state index in [4.69, 9.17) is 5.11 Å². The molecule has 20 heavy (non-hydrogen) atoms. The van der Waals surface area contributed by atoms with Crippen LogP contribution in [0.1, 0.15) is 64.2 Å². The van der Waals surface area contributed by atoms with Gasteiger partial charge in [-0.2, -0.15) is 0 Å². The van der Waals surface area contributed by atoms with Crippen LogP contribution < -0.4 is 0 Å². The smallest absolute Gasteiger partial charge is 0.303 e. The second-order valence-electron chi connectivity index (χ2n) is 5.83. The van der Waals surface area contributed by atoms with Crippen molar-refractivity contribution in [2.75, 3.05) is 20.3 Å². The van der Waals surface area contributed by atoms with Crippen molar-refractivity contribution in [2.24, 2.45) is 0 Å². The Morgan fingerprint density at radius 2 is 1.50 bits per heavy atom. The molecule has 0 bridgehead atoms. The molecule has 0 spiro atoms. The Balaban J connectivity index is 1.74. The van der Waals surface area contributed by atoms with Gasteiger partial charge in [0.1, 0.15) is 0 Å². The van der Waals surface area contributed by atoms with Crippen LogP contribution in [0.25, 0.3) is 0 Å². The third-order valence-electron chi connectivity index (χ3n) is 3.77. The van der Waals surface area contributed by atoms with E-state index in [1.165, 1.54) is 51.5 Å². The van der Waals surface area contributed by atoms with Crippen LogP contribution >= 0.6 is 0 Å². The molecular formula is C16H30N2O2. The van der Waals surface area contributed by atoms with Gasteiger partial charge in [-0.25, -0.2) is 0 Å². The highest BCUT2D eigenvalue weighted by atomic mass is 16.4. The van der Waals surface area contributed by atoms with Crippen LogP contribution in [-0.4, -0.2) is 41.1 Å². The lowest BCUT2D eigenvalue weighted by Gasteiger charge is -2.17. The van der Waals surface area contributed by atoms with Gasteiger partial charge >= 0.3 is 5.97 Å².